The van der Waals surface area contributed by atoms with Crippen molar-refractivity contribution in [2.75, 3.05) is 14.2 Å². The summed E-state index contributed by atoms with van der Waals surface area (Å²) in [4.78, 5) is 12.9. The van der Waals surface area contributed by atoms with Crippen LogP contribution in [0.25, 0.3) is 0 Å². The summed E-state index contributed by atoms with van der Waals surface area (Å²) >= 11 is 0. The number of rotatable bonds is 6. The van der Waals surface area contributed by atoms with E-state index in [2.05, 4.69) is 13.8 Å². The van der Waals surface area contributed by atoms with Crippen molar-refractivity contribution >= 4 is 5.78 Å². The van der Waals surface area contributed by atoms with E-state index >= 15 is 0 Å². The highest BCUT2D eigenvalue weighted by molar-refractivity contribution is 6.01. The van der Waals surface area contributed by atoms with Crippen LogP contribution in [0.5, 0.6) is 11.5 Å². The van der Waals surface area contributed by atoms with Gasteiger partial charge in [0.1, 0.15) is 11.5 Å². The Morgan fingerprint density at radius 1 is 0.818 bits per heavy atom. The van der Waals surface area contributed by atoms with Gasteiger partial charge in [-0.05, 0) is 47.9 Å². The fourth-order valence-electron chi connectivity index (χ4n) is 2.59. The van der Waals surface area contributed by atoms with E-state index < -0.39 is 0 Å². The third kappa shape index (κ3) is 3.48. The lowest BCUT2D eigenvalue weighted by atomic mass is 9.82. The number of ketones is 1. The van der Waals surface area contributed by atoms with Crippen molar-refractivity contribution in [1.82, 2.24) is 0 Å². The van der Waals surface area contributed by atoms with Crippen molar-refractivity contribution in [3.63, 3.8) is 0 Å². The highest BCUT2D eigenvalue weighted by Crippen LogP contribution is 2.30. The predicted molar refractivity (Wildman–Crippen MR) is 87.9 cm³/mol. The van der Waals surface area contributed by atoms with Gasteiger partial charge in [-0.3, -0.25) is 4.79 Å². The van der Waals surface area contributed by atoms with Crippen molar-refractivity contribution in [3.8, 4) is 11.5 Å². The van der Waals surface area contributed by atoms with E-state index in [9.17, 15) is 4.79 Å². The minimum absolute atomic E-state index is 0.128. The second kappa shape index (κ2) is 7.12. The fraction of sp³-hybridized carbons (Fsp3) is 0.316. The second-order valence-electron chi connectivity index (χ2n) is 5.59. The molecule has 116 valence electrons. The van der Waals surface area contributed by atoms with Crippen molar-refractivity contribution in [2.24, 2.45) is 5.92 Å². The van der Waals surface area contributed by atoms with Crippen LogP contribution < -0.4 is 9.47 Å². The number of benzene rings is 2. The largest absolute Gasteiger partial charge is 0.497 e. The summed E-state index contributed by atoms with van der Waals surface area (Å²) in [5.41, 5.74) is 1.71. The van der Waals surface area contributed by atoms with Crippen molar-refractivity contribution in [1.29, 1.82) is 0 Å². The highest BCUT2D eigenvalue weighted by Gasteiger charge is 2.25. The van der Waals surface area contributed by atoms with Crippen molar-refractivity contribution < 1.29 is 14.3 Å². The Balaban J connectivity index is 2.31. The molecule has 22 heavy (non-hydrogen) atoms. The molecule has 0 fully saturated rings. The normalized spacial score (nSPS) is 12.0. The number of methoxy groups -OCH3 is 2. The van der Waals surface area contributed by atoms with Gasteiger partial charge in [0, 0.05) is 11.5 Å². The Bertz CT molecular complexity index is 612. The summed E-state index contributed by atoms with van der Waals surface area (Å²) in [6.45, 7) is 4.13. The summed E-state index contributed by atoms with van der Waals surface area (Å²) in [7, 11) is 3.25. The van der Waals surface area contributed by atoms with E-state index in [0.717, 1.165) is 17.1 Å². The molecule has 0 aliphatic carbocycles. The van der Waals surface area contributed by atoms with Gasteiger partial charge < -0.3 is 9.47 Å². The van der Waals surface area contributed by atoms with Gasteiger partial charge in [-0.1, -0.05) is 26.0 Å². The zero-order chi connectivity index (χ0) is 16.1. The SMILES string of the molecule is COc1ccc(C(=O)[C@@H](c2ccc(OC)cc2)C(C)C)cc1. The maximum absolute atomic E-state index is 12.9. The van der Waals surface area contributed by atoms with Crippen LogP contribution in [-0.2, 0) is 0 Å². The van der Waals surface area contributed by atoms with Crippen molar-refractivity contribution in [2.45, 2.75) is 19.8 Å². The van der Waals surface area contributed by atoms with E-state index in [1.54, 1.807) is 14.2 Å². The molecule has 0 spiro atoms. The number of Topliss-reactive ketones (excluding diaryl/α,β-unsaturated/α-hetero) is 1. The third-order valence-electron chi connectivity index (χ3n) is 3.80. The standard InChI is InChI=1S/C19H22O3/c1-13(2)18(14-5-9-16(21-3)10-6-14)19(20)15-7-11-17(22-4)12-8-15/h5-13,18H,1-4H3/t18-/m1/s1. The number of hydrogen-bond acceptors (Lipinski definition) is 3. The first-order valence-corrected chi connectivity index (χ1v) is 7.39. The van der Waals surface area contributed by atoms with E-state index in [4.69, 9.17) is 9.47 Å². The van der Waals surface area contributed by atoms with Crippen LogP contribution in [0, 0.1) is 5.92 Å². The predicted octanol–water partition coefficient (Wildman–Crippen LogP) is 4.33. The lowest BCUT2D eigenvalue weighted by molar-refractivity contribution is 0.0938. The number of ether oxygens (including phenoxy) is 2. The molecule has 2 aromatic carbocycles. The molecule has 0 saturated heterocycles. The Morgan fingerprint density at radius 3 is 1.68 bits per heavy atom. The number of carbonyl (C=O) groups excluding carboxylic acids is 1. The van der Waals surface area contributed by atoms with Gasteiger partial charge in [0.25, 0.3) is 0 Å². The lowest BCUT2D eigenvalue weighted by Crippen LogP contribution is -2.18. The Labute approximate surface area is 131 Å². The van der Waals surface area contributed by atoms with Crippen LogP contribution in [0.2, 0.25) is 0 Å². The Morgan fingerprint density at radius 2 is 1.27 bits per heavy atom. The van der Waals surface area contributed by atoms with E-state index in [1.165, 1.54) is 0 Å². The summed E-state index contributed by atoms with van der Waals surface area (Å²) in [6.07, 6.45) is 0. The molecule has 3 heteroatoms. The summed E-state index contributed by atoms with van der Waals surface area (Å²) in [5, 5.41) is 0. The molecule has 0 aliphatic heterocycles. The minimum atomic E-state index is -0.167. The lowest BCUT2D eigenvalue weighted by Gasteiger charge is -2.20. The number of hydrogen-bond donors (Lipinski definition) is 0. The van der Waals surface area contributed by atoms with E-state index in [1.807, 2.05) is 48.5 Å². The first kappa shape index (κ1) is 16.1. The molecule has 3 nitrogen and oxygen atoms in total. The summed E-state index contributed by atoms with van der Waals surface area (Å²) < 4.78 is 10.3. The zero-order valence-electron chi connectivity index (χ0n) is 13.5. The molecular formula is C19H22O3. The van der Waals surface area contributed by atoms with Crippen LogP contribution in [0.3, 0.4) is 0 Å². The molecule has 0 N–H and O–H groups in total. The first-order chi connectivity index (χ1) is 10.6. The molecular weight excluding hydrogens is 276 g/mol. The summed E-state index contributed by atoms with van der Waals surface area (Å²) in [5.74, 6) is 1.72. The van der Waals surface area contributed by atoms with Gasteiger partial charge >= 0.3 is 0 Å². The molecule has 0 heterocycles. The maximum atomic E-state index is 12.9. The highest BCUT2D eigenvalue weighted by atomic mass is 16.5. The van der Waals surface area contributed by atoms with Gasteiger partial charge in [0.2, 0.25) is 0 Å². The quantitative estimate of drug-likeness (QED) is 0.745. The summed E-state index contributed by atoms with van der Waals surface area (Å²) in [6, 6.07) is 15.0. The second-order valence-corrected chi connectivity index (χ2v) is 5.59. The Hall–Kier alpha value is -2.29. The molecule has 0 unspecified atom stereocenters. The molecule has 0 aromatic heterocycles. The topological polar surface area (TPSA) is 35.5 Å². The van der Waals surface area contributed by atoms with Crippen LogP contribution in [0.1, 0.15) is 35.7 Å². The van der Waals surface area contributed by atoms with Gasteiger partial charge in [-0.25, -0.2) is 0 Å². The van der Waals surface area contributed by atoms with Crippen LogP contribution in [0.15, 0.2) is 48.5 Å². The van der Waals surface area contributed by atoms with Crippen LogP contribution >= 0.6 is 0 Å². The van der Waals surface area contributed by atoms with Crippen molar-refractivity contribution in [3.05, 3.63) is 59.7 Å². The molecule has 0 saturated carbocycles. The molecule has 2 rings (SSSR count). The third-order valence-corrected chi connectivity index (χ3v) is 3.80. The average Bonchev–Trinajstić information content (AvgIpc) is 2.55. The first-order valence-electron chi connectivity index (χ1n) is 7.39. The monoisotopic (exact) mass is 298 g/mol. The number of carbonyl (C=O) groups is 1. The van der Waals surface area contributed by atoms with E-state index in [-0.39, 0.29) is 17.6 Å². The van der Waals surface area contributed by atoms with Gasteiger partial charge in [0.15, 0.2) is 5.78 Å². The average molecular weight is 298 g/mol. The maximum Gasteiger partial charge on any atom is 0.170 e. The fourth-order valence-corrected chi connectivity index (χ4v) is 2.59. The molecule has 0 radical (unpaired) electrons. The van der Waals surface area contributed by atoms with Crippen LogP contribution in [0.4, 0.5) is 0 Å². The molecule has 0 amide bonds. The van der Waals surface area contributed by atoms with Crippen LogP contribution in [-0.4, -0.2) is 20.0 Å². The van der Waals surface area contributed by atoms with Gasteiger partial charge in [0.05, 0.1) is 14.2 Å². The molecule has 0 bridgehead atoms. The van der Waals surface area contributed by atoms with Gasteiger partial charge in [-0.2, -0.15) is 0 Å². The smallest absolute Gasteiger partial charge is 0.170 e. The van der Waals surface area contributed by atoms with Gasteiger partial charge in [-0.15, -0.1) is 0 Å². The molecule has 0 aliphatic rings. The molecule has 1 atom stereocenters. The molecule has 2 aromatic rings. The van der Waals surface area contributed by atoms with E-state index in [0.29, 0.717) is 5.56 Å². The minimum Gasteiger partial charge on any atom is -0.497 e. The zero-order valence-corrected chi connectivity index (χ0v) is 13.5. The Kier molecular flexibility index (Phi) is 5.21.